The topological polar surface area (TPSA) is 47.3 Å². The highest BCUT2D eigenvalue weighted by molar-refractivity contribution is 9.10. The molecule has 2 aromatic rings. The van der Waals surface area contributed by atoms with E-state index in [1.54, 1.807) is 7.11 Å². The number of halogens is 2. The summed E-state index contributed by atoms with van der Waals surface area (Å²) in [6, 6.07) is 10.5. The molecule has 3 nitrogen and oxygen atoms in total. The molecule has 5 heteroatoms. The van der Waals surface area contributed by atoms with E-state index < -0.39 is 0 Å². The quantitative estimate of drug-likeness (QED) is 0.637. The fourth-order valence-corrected chi connectivity index (χ4v) is 2.77. The lowest BCUT2D eigenvalue weighted by molar-refractivity contribution is 0.405. The molecular formula is C16H18BrFN2O. The molecular weight excluding hydrogens is 335 g/mol. The van der Waals surface area contributed by atoms with Crippen molar-refractivity contribution in [2.45, 2.75) is 19.4 Å². The van der Waals surface area contributed by atoms with Crippen LogP contribution in [-0.2, 0) is 6.42 Å². The largest absolute Gasteiger partial charge is 0.496 e. The third-order valence-corrected chi connectivity index (χ3v) is 3.83. The lowest BCUT2D eigenvalue weighted by Gasteiger charge is -2.19. The highest BCUT2D eigenvalue weighted by Gasteiger charge is 2.15. The summed E-state index contributed by atoms with van der Waals surface area (Å²) in [6.07, 6.45) is 0.599. The third kappa shape index (κ3) is 4.03. The second-order valence-corrected chi connectivity index (χ2v) is 5.86. The van der Waals surface area contributed by atoms with Crippen molar-refractivity contribution in [3.8, 4) is 5.75 Å². The standard InChI is InChI=1S/C16H18BrFN2O/c1-10-5-11(8-14(18)6-10)15(20-19)9-12-7-13(17)3-4-16(12)21-2/h3-8,15,20H,9,19H2,1-2H3. The molecule has 1 unspecified atom stereocenters. The molecule has 0 aliphatic heterocycles. The van der Waals surface area contributed by atoms with Gasteiger partial charge in [0.25, 0.3) is 0 Å². The number of hydrazine groups is 1. The Morgan fingerprint density at radius 2 is 2.05 bits per heavy atom. The van der Waals surface area contributed by atoms with Crippen LogP contribution in [0.5, 0.6) is 5.75 Å². The molecule has 0 amide bonds. The molecule has 0 radical (unpaired) electrons. The van der Waals surface area contributed by atoms with Crippen molar-refractivity contribution in [1.82, 2.24) is 5.43 Å². The minimum atomic E-state index is -0.258. The van der Waals surface area contributed by atoms with Crippen LogP contribution in [0.2, 0.25) is 0 Å². The maximum Gasteiger partial charge on any atom is 0.123 e. The molecule has 0 heterocycles. The molecule has 112 valence electrons. The van der Waals surface area contributed by atoms with Gasteiger partial charge in [0, 0.05) is 4.47 Å². The van der Waals surface area contributed by atoms with Crippen molar-refractivity contribution in [2.24, 2.45) is 5.84 Å². The maximum absolute atomic E-state index is 13.6. The fourth-order valence-electron chi connectivity index (χ4n) is 2.37. The first kappa shape index (κ1) is 15.9. The Bertz CT molecular complexity index is 613. The molecule has 0 saturated carbocycles. The Balaban J connectivity index is 2.32. The normalized spacial score (nSPS) is 12.2. The summed E-state index contributed by atoms with van der Waals surface area (Å²) in [5.74, 6) is 6.18. The molecule has 0 spiro atoms. The number of ether oxygens (including phenoxy) is 1. The van der Waals surface area contributed by atoms with Crippen molar-refractivity contribution in [1.29, 1.82) is 0 Å². The number of hydrogen-bond donors (Lipinski definition) is 2. The summed E-state index contributed by atoms with van der Waals surface area (Å²) in [6.45, 7) is 1.86. The van der Waals surface area contributed by atoms with Crippen molar-refractivity contribution < 1.29 is 9.13 Å². The van der Waals surface area contributed by atoms with E-state index in [1.165, 1.54) is 12.1 Å². The fraction of sp³-hybridized carbons (Fsp3) is 0.250. The van der Waals surface area contributed by atoms with Crippen LogP contribution in [-0.4, -0.2) is 7.11 Å². The second-order valence-electron chi connectivity index (χ2n) is 4.94. The average Bonchev–Trinajstić information content (AvgIpc) is 2.43. The third-order valence-electron chi connectivity index (χ3n) is 3.33. The Hall–Kier alpha value is -1.43. The van der Waals surface area contributed by atoms with Gasteiger partial charge in [-0.05, 0) is 60.4 Å². The van der Waals surface area contributed by atoms with E-state index in [2.05, 4.69) is 21.4 Å². The van der Waals surface area contributed by atoms with Crippen molar-refractivity contribution in [3.63, 3.8) is 0 Å². The smallest absolute Gasteiger partial charge is 0.123 e. The van der Waals surface area contributed by atoms with Gasteiger partial charge in [-0.15, -0.1) is 0 Å². The Morgan fingerprint density at radius 3 is 2.67 bits per heavy atom. The van der Waals surface area contributed by atoms with Crippen LogP contribution < -0.4 is 16.0 Å². The van der Waals surface area contributed by atoms with Crippen LogP contribution in [0.1, 0.15) is 22.7 Å². The highest BCUT2D eigenvalue weighted by Crippen LogP contribution is 2.28. The Labute approximate surface area is 132 Å². The van der Waals surface area contributed by atoms with Gasteiger partial charge in [-0.25, -0.2) is 4.39 Å². The Kier molecular flexibility index (Phi) is 5.33. The van der Waals surface area contributed by atoms with Crippen LogP contribution in [0.25, 0.3) is 0 Å². The number of nitrogens with two attached hydrogens (primary N) is 1. The predicted molar refractivity (Wildman–Crippen MR) is 85.6 cm³/mol. The zero-order valence-corrected chi connectivity index (χ0v) is 13.6. The number of methoxy groups -OCH3 is 1. The zero-order chi connectivity index (χ0) is 15.4. The van der Waals surface area contributed by atoms with Gasteiger partial charge in [0.05, 0.1) is 13.2 Å². The van der Waals surface area contributed by atoms with E-state index in [1.807, 2.05) is 31.2 Å². The molecule has 0 aliphatic carbocycles. The zero-order valence-electron chi connectivity index (χ0n) is 12.0. The van der Waals surface area contributed by atoms with Gasteiger partial charge >= 0.3 is 0 Å². The van der Waals surface area contributed by atoms with E-state index in [9.17, 15) is 4.39 Å². The van der Waals surface area contributed by atoms with E-state index in [-0.39, 0.29) is 11.9 Å². The molecule has 2 aromatic carbocycles. The molecule has 0 aliphatic rings. The average molecular weight is 353 g/mol. The van der Waals surface area contributed by atoms with Crippen molar-refractivity contribution in [3.05, 3.63) is 63.4 Å². The number of nitrogens with one attached hydrogen (secondary N) is 1. The van der Waals surface area contributed by atoms with Crippen LogP contribution >= 0.6 is 15.9 Å². The van der Waals surface area contributed by atoms with Gasteiger partial charge in [-0.2, -0.15) is 0 Å². The molecule has 21 heavy (non-hydrogen) atoms. The van der Waals surface area contributed by atoms with Gasteiger partial charge in [0.15, 0.2) is 0 Å². The van der Waals surface area contributed by atoms with Crippen molar-refractivity contribution in [2.75, 3.05) is 7.11 Å². The monoisotopic (exact) mass is 352 g/mol. The predicted octanol–water partition coefficient (Wildman–Crippen LogP) is 3.65. The minimum absolute atomic E-state index is 0.192. The molecule has 0 saturated heterocycles. The van der Waals surface area contributed by atoms with Crippen LogP contribution in [0.4, 0.5) is 4.39 Å². The summed E-state index contributed by atoms with van der Waals surface area (Å²) in [4.78, 5) is 0. The molecule has 0 fully saturated rings. The lowest BCUT2D eigenvalue weighted by atomic mass is 9.97. The van der Waals surface area contributed by atoms with Gasteiger partial charge in [-0.3, -0.25) is 11.3 Å². The van der Waals surface area contributed by atoms with Crippen molar-refractivity contribution >= 4 is 15.9 Å². The number of hydrogen-bond acceptors (Lipinski definition) is 3. The SMILES string of the molecule is COc1ccc(Br)cc1CC(NN)c1cc(C)cc(F)c1. The summed E-state index contributed by atoms with van der Waals surface area (Å²) in [7, 11) is 1.63. The minimum Gasteiger partial charge on any atom is -0.496 e. The van der Waals surface area contributed by atoms with E-state index >= 15 is 0 Å². The first-order chi connectivity index (χ1) is 10.0. The maximum atomic E-state index is 13.6. The number of benzene rings is 2. The summed E-state index contributed by atoms with van der Waals surface area (Å²) < 4.78 is 19.9. The van der Waals surface area contributed by atoms with Crippen LogP contribution in [0, 0.1) is 12.7 Å². The van der Waals surface area contributed by atoms with E-state index in [0.717, 1.165) is 26.9 Å². The van der Waals surface area contributed by atoms with Gasteiger partial charge in [0.2, 0.25) is 0 Å². The summed E-state index contributed by atoms with van der Waals surface area (Å²) in [5, 5.41) is 0. The second kappa shape index (κ2) is 7.02. The van der Waals surface area contributed by atoms with E-state index in [4.69, 9.17) is 10.6 Å². The highest BCUT2D eigenvalue weighted by atomic mass is 79.9. The van der Waals surface area contributed by atoms with Gasteiger partial charge in [-0.1, -0.05) is 22.0 Å². The van der Waals surface area contributed by atoms with Gasteiger partial charge < -0.3 is 4.74 Å². The first-order valence-electron chi connectivity index (χ1n) is 6.59. The molecule has 0 aromatic heterocycles. The van der Waals surface area contributed by atoms with Crippen LogP contribution in [0.15, 0.2) is 40.9 Å². The lowest BCUT2D eigenvalue weighted by Crippen LogP contribution is -2.29. The molecule has 0 bridgehead atoms. The molecule has 2 rings (SSSR count). The number of rotatable bonds is 5. The van der Waals surface area contributed by atoms with E-state index in [0.29, 0.717) is 6.42 Å². The van der Waals surface area contributed by atoms with Gasteiger partial charge in [0.1, 0.15) is 11.6 Å². The number of aryl methyl sites for hydroxylation is 1. The first-order valence-corrected chi connectivity index (χ1v) is 7.38. The van der Waals surface area contributed by atoms with Crippen LogP contribution in [0.3, 0.4) is 0 Å². The molecule has 3 N–H and O–H groups in total. The summed E-state index contributed by atoms with van der Waals surface area (Å²) in [5.41, 5.74) is 5.44. The summed E-state index contributed by atoms with van der Waals surface area (Å²) >= 11 is 3.45. The molecule has 1 atom stereocenters. The Morgan fingerprint density at radius 1 is 1.29 bits per heavy atom.